The van der Waals surface area contributed by atoms with Crippen molar-refractivity contribution in [1.29, 1.82) is 0 Å². The molecular formula is C28H34N4O5S. The van der Waals surface area contributed by atoms with Gasteiger partial charge in [0, 0.05) is 43.3 Å². The fourth-order valence-electron chi connectivity index (χ4n) is 4.80. The summed E-state index contributed by atoms with van der Waals surface area (Å²) in [6, 6.07) is 13.7. The van der Waals surface area contributed by atoms with E-state index >= 15 is 0 Å². The first-order valence-corrected chi connectivity index (χ1v) is 14.4. The van der Waals surface area contributed by atoms with Crippen LogP contribution in [0, 0.1) is 12.8 Å². The van der Waals surface area contributed by atoms with E-state index in [1.807, 2.05) is 12.1 Å². The third-order valence-corrected chi connectivity index (χ3v) is 8.36. The molecule has 2 aliphatic rings. The molecule has 1 aliphatic heterocycles. The van der Waals surface area contributed by atoms with Gasteiger partial charge in [-0.1, -0.05) is 37.5 Å². The number of carboxylic acids is 1. The average molecular weight is 539 g/mol. The molecule has 0 atom stereocenters. The number of rotatable bonds is 5. The van der Waals surface area contributed by atoms with E-state index in [1.54, 1.807) is 48.4 Å². The van der Waals surface area contributed by atoms with Crippen molar-refractivity contribution < 1.29 is 23.1 Å². The minimum absolute atomic E-state index is 0.0289. The largest absolute Gasteiger partial charge is 0.481 e. The van der Waals surface area contributed by atoms with Crippen LogP contribution in [-0.2, 0) is 14.8 Å². The summed E-state index contributed by atoms with van der Waals surface area (Å²) in [5.41, 5.74) is 2.10. The average Bonchev–Trinajstić information content (AvgIpc) is 2.94. The number of carboxylic acid groups (broad SMARTS) is 1. The highest BCUT2D eigenvalue weighted by Crippen LogP contribution is 2.26. The van der Waals surface area contributed by atoms with E-state index < -0.39 is 16.0 Å². The summed E-state index contributed by atoms with van der Waals surface area (Å²) in [6.45, 7) is 4.68. The van der Waals surface area contributed by atoms with Gasteiger partial charge in [-0.3, -0.25) is 19.3 Å². The Morgan fingerprint density at radius 1 is 1.03 bits per heavy atom. The second-order valence-electron chi connectivity index (χ2n) is 9.68. The van der Waals surface area contributed by atoms with Gasteiger partial charge in [0.1, 0.15) is 4.90 Å². The molecule has 2 heterocycles. The van der Waals surface area contributed by atoms with Gasteiger partial charge < -0.3 is 15.3 Å². The number of carbonyl (C=O) groups is 2. The first-order valence-electron chi connectivity index (χ1n) is 13.0. The summed E-state index contributed by atoms with van der Waals surface area (Å²) in [4.78, 5) is 29.2. The number of aliphatic carboxylic acids is 1. The molecule has 10 heteroatoms. The Balaban J connectivity index is 0.000000317. The van der Waals surface area contributed by atoms with Crippen LogP contribution in [-0.4, -0.2) is 61.5 Å². The molecule has 38 heavy (non-hydrogen) atoms. The number of aromatic nitrogens is 1. The normalized spacial score (nSPS) is 16.4. The van der Waals surface area contributed by atoms with Gasteiger partial charge in [0.2, 0.25) is 0 Å². The highest BCUT2D eigenvalue weighted by molar-refractivity contribution is 7.93. The van der Waals surface area contributed by atoms with Crippen LogP contribution < -0.4 is 10.0 Å². The summed E-state index contributed by atoms with van der Waals surface area (Å²) < 4.78 is 28.6. The zero-order valence-corrected chi connectivity index (χ0v) is 22.3. The number of piperazine rings is 1. The van der Waals surface area contributed by atoms with E-state index in [2.05, 4.69) is 15.0 Å². The lowest BCUT2D eigenvalue weighted by molar-refractivity contribution is -0.142. The molecule has 1 saturated carbocycles. The lowest BCUT2D eigenvalue weighted by Gasteiger charge is -2.27. The molecule has 202 valence electrons. The molecule has 1 saturated heterocycles. The van der Waals surface area contributed by atoms with Gasteiger partial charge in [-0.25, -0.2) is 8.42 Å². The number of anilines is 1. The van der Waals surface area contributed by atoms with Gasteiger partial charge in [-0.2, -0.15) is 0 Å². The van der Waals surface area contributed by atoms with E-state index in [9.17, 15) is 18.0 Å². The fraction of sp³-hybridized carbons (Fsp3) is 0.393. The van der Waals surface area contributed by atoms with Crippen molar-refractivity contribution in [3.63, 3.8) is 0 Å². The van der Waals surface area contributed by atoms with E-state index in [-0.39, 0.29) is 16.7 Å². The van der Waals surface area contributed by atoms with E-state index in [0.29, 0.717) is 35.4 Å². The van der Waals surface area contributed by atoms with Crippen molar-refractivity contribution in [3.05, 3.63) is 65.9 Å². The van der Waals surface area contributed by atoms with Crippen molar-refractivity contribution in [1.82, 2.24) is 15.2 Å². The van der Waals surface area contributed by atoms with Crippen LogP contribution in [0.15, 0.2) is 59.6 Å². The Labute approximate surface area is 223 Å². The number of carbonyl (C=O) groups excluding carboxylic acids is 1. The third-order valence-electron chi connectivity index (χ3n) is 6.96. The number of pyridine rings is 1. The van der Waals surface area contributed by atoms with Crippen LogP contribution in [0.25, 0.3) is 10.9 Å². The molecular weight excluding hydrogens is 504 g/mol. The maximum absolute atomic E-state index is 13.0. The summed E-state index contributed by atoms with van der Waals surface area (Å²) in [5, 5.41) is 12.5. The van der Waals surface area contributed by atoms with Crippen molar-refractivity contribution in [2.75, 3.05) is 30.9 Å². The van der Waals surface area contributed by atoms with E-state index in [1.165, 1.54) is 12.5 Å². The van der Waals surface area contributed by atoms with Gasteiger partial charge >= 0.3 is 5.97 Å². The number of para-hydroxylation sites is 1. The van der Waals surface area contributed by atoms with Crippen LogP contribution in [0.4, 0.5) is 5.69 Å². The topological polar surface area (TPSA) is 129 Å². The molecule has 1 amide bonds. The van der Waals surface area contributed by atoms with Gasteiger partial charge in [0.25, 0.3) is 15.9 Å². The maximum atomic E-state index is 13.0. The lowest BCUT2D eigenvalue weighted by atomic mass is 9.90. The maximum Gasteiger partial charge on any atom is 0.306 e. The van der Waals surface area contributed by atoms with Crippen molar-refractivity contribution in [3.8, 4) is 0 Å². The summed E-state index contributed by atoms with van der Waals surface area (Å²) >= 11 is 0. The molecule has 0 unspecified atom stereocenters. The molecule has 2 aromatic carbocycles. The number of aryl methyl sites for hydroxylation is 1. The number of hydrogen-bond donors (Lipinski definition) is 3. The predicted molar refractivity (Wildman–Crippen MR) is 147 cm³/mol. The van der Waals surface area contributed by atoms with Crippen LogP contribution in [0.5, 0.6) is 0 Å². The van der Waals surface area contributed by atoms with Crippen molar-refractivity contribution in [2.45, 2.75) is 43.9 Å². The van der Waals surface area contributed by atoms with Crippen molar-refractivity contribution >= 4 is 38.5 Å². The Morgan fingerprint density at radius 2 is 1.74 bits per heavy atom. The molecule has 0 bridgehead atoms. The minimum atomic E-state index is -3.83. The Hall–Kier alpha value is -3.50. The van der Waals surface area contributed by atoms with E-state index in [4.69, 9.17) is 5.11 Å². The van der Waals surface area contributed by atoms with Crippen LogP contribution in [0.3, 0.4) is 0 Å². The summed E-state index contributed by atoms with van der Waals surface area (Å²) in [6.07, 6.45) is 6.81. The molecule has 0 spiro atoms. The Bertz CT molecular complexity index is 1390. The molecule has 3 aromatic rings. The number of hydrogen-bond acceptors (Lipinski definition) is 6. The third kappa shape index (κ3) is 6.68. The highest BCUT2D eigenvalue weighted by Gasteiger charge is 2.22. The van der Waals surface area contributed by atoms with Crippen molar-refractivity contribution in [2.24, 2.45) is 5.92 Å². The Morgan fingerprint density at radius 3 is 2.39 bits per heavy atom. The number of nitrogens with one attached hydrogen (secondary N) is 2. The van der Waals surface area contributed by atoms with Gasteiger partial charge in [0.15, 0.2) is 0 Å². The van der Waals surface area contributed by atoms with Gasteiger partial charge in [0.05, 0.1) is 17.1 Å². The number of amides is 1. The van der Waals surface area contributed by atoms with Gasteiger partial charge in [-0.15, -0.1) is 0 Å². The second kappa shape index (κ2) is 12.4. The number of sulfonamides is 1. The van der Waals surface area contributed by atoms with Crippen LogP contribution in [0.1, 0.15) is 48.0 Å². The summed E-state index contributed by atoms with van der Waals surface area (Å²) in [7, 11) is -3.83. The second-order valence-corrected chi connectivity index (χ2v) is 11.3. The fourth-order valence-corrected chi connectivity index (χ4v) is 6.12. The Kier molecular flexibility index (Phi) is 8.96. The molecule has 1 aromatic heterocycles. The summed E-state index contributed by atoms with van der Waals surface area (Å²) in [5.74, 6) is -0.671. The molecule has 1 aliphatic carbocycles. The zero-order valence-electron chi connectivity index (χ0n) is 21.5. The van der Waals surface area contributed by atoms with Crippen LogP contribution >= 0.6 is 0 Å². The number of nitrogens with zero attached hydrogens (tertiary/aromatic N) is 2. The lowest BCUT2D eigenvalue weighted by Crippen LogP contribution is -2.46. The predicted octanol–water partition coefficient (Wildman–Crippen LogP) is 4.04. The zero-order chi connectivity index (χ0) is 27.1. The molecule has 0 radical (unpaired) electrons. The SMILES string of the molecule is Cc1cc(C(=O)N2CCNCC2)ccc1NS(=O)(=O)c1cccc2cccnc12.O=C(O)C1CCCCC1. The number of benzene rings is 2. The first kappa shape index (κ1) is 27.5. The first-order chi connectivity index (χ1) is 18.3. The molecule has 5 rings (SSSR count). The monoisotopic (exact) mass is 538 g/mol. The van der Waals surface area contributed by atoms with Gasteiger partial charge in [-0.05, 0) is 55.7 Å². The number of fused-ring (bicyclic) bond motifs is 1. The standard InChI is InChI=1S/C21H22N4O3S.C7H12O2/c1-15-14-17(21(26)25-12-10-22-11-13-25)7-8-18(15)24-29(27,28)19-6-2-4-16-5-3-9-23-20(16)19;8-7(9)6-4-2-1-3-5-6/h2-9,14,22,24H,10-13H2,1H3;6H,1-5H2,(H,8,9). The highest BCUT2D eigenvalue weighted by atomic mass is 32.2. The smallest absolute Gasteiger partial charge is 0.306 e. The van der Waals surface area contributed by atoms with E-state index in [0.717, 1.165) is 44.2 Å². The quantitative estimate of drug-likeness (QED) is 0.447. The minimum Gasteiger partial charge on any atom is -0.481 e. The molecule has 9 nitrogen and oxygen atoms in total. The van der Waals surface area contributed by atoms with Crippen LogP contribution in [0.2, 0.25) is 0 Å². The molecule has 3 N–H and O–H groups in total. The molecule has 2 fully saturated rings.